The van der Waals surface area contributed by atoms with Gasteiger partial charge in [-0.15, -0.1) is 23.4 Å². The van der Waals surface area contributed by atoms with Crippen molar-refractivity contribution in [2.24, 2.45) is 0 Å². The largest absolute Gasteiger partial charge is 0.493 e. The Balaban J connectivity index is 3.05. The molecule has 0 aromatic heterocycles. The van der Waals surface area contributed by atoms with Crippen molar-refractivity contribution in [2.45, 2.75) is 24.1 Å². The van der Waals surface area contributed by atoms with E-state index in [-0.39, 0.29) is 5.78 Å². The van der Waals surface area contributed by atoms with Crippen LogP contribution in [0.15, 0.2) is 23.1 Å². The molecule has 0 aliphatic heterocycles. The number of Topliss-reactive ketones (excluding diaryl/α,β-unsaturated/α-hetero) is 1. The number of hydrogen-bond donors (Lipinski definition) is 0. The second-order valence-electron chi connectivity index (χ2n) is 3.32. The van der Waals surface area contributed by atoms with Crippen LogP contribution < -0.4 is 4.74 Å². The number of rotatable bonds is 5. The fourth-order valence-corrected chi connectivity index (χ4v) is 2.01. The number of benzene rings is 1. The van der Waals surface area contributed by atoms with Gasteiger partial charge < -0.3 is 4.74 Å². The van der Waals surface area contributed by atoms with Crippen LogP contribution in [0, 0.1) is 0 Å². The number of thioether (sulfide) groups is 1. The van der Waals surface area contributed by atoms with Crippen molar-refractivity contribution in [3.63, 3.8) is 0 Å². The standard InChI is InChI=1S/C12H15ClO2S/c1-4-15-10-7-9(12(13)8(2)14)5-6-11(10)16-3/h5-7,12H,4H2,1-3H3. The first kappa shape index (κ1) is 13.4. The van der Waals surface area contributed by atoms with Crippen LogP contribution in [0.1, 0.15) is 24.8 Å². The lowest BCUT2D eigenvalue weighted by molar-refractivity contribution is -0.116. The van der Waals surface area contributed by atoms with Crippen LogP contribution in [0.5, 0.6) is 5.75 Å². The first-order chi connectivity index (χ1) is 7.60. The molecule has 88 valence electrons. The summed E-state index contributed by atoms with van der Waals surface area (Å²) in [6.45, 7) is 4.02. The summed E-state index contributed by atoms with van der Waals surface area (Å²) in [4.78, 5) is 12.2. The predicted octanol–water partition coefficient (Wildman–Crippen LogP) is 3.68. The van der Waals surface area contributed by atoms with Crippen molar-refractivity contribution in [3.8, 4) is 5.75 Å². The summed E-state index contributed by atoms with van der Waals surface area (Å²) in [7, 11) is 0. The fraction of sp³-hybridized carbons (Fsp3) is 0.417. The van der Waals surface area contributed by atoms with Crippen LogP contribution in [0.3, 0.4) is 0 Å². The molecule has 0 aliphatic rings. The third-order valence-corrected chi connectivity index (χ3v) is 3.47. The van der Waals surface area contributed by atoms with E-state index in [2.05, 4.69) is 0 Å². The lowest BCUT2D eigenvalue weighted by Crippen LogP contribution is -2.02. The van der Waals surface area contributed by atoms with Gasteiger partial charge in [-0.2, -0.15) is 0 Å². The maximum Gasteiger partial charge on any atom is 0.152 e. The average Bonchev–Trinajstić information content (AvgIpc) is 2.28. The van der Waals surface area contributed by atoms with E-state index in [4.69, 9.17) is 16.3 Å². The van der Waals surface area contributed by atoms with E-state index < -0.39 is 5.38 Å². The Hall–Kier alpha value is -0.670. The second kappa shape index (κ2) is 6.16. The highest BCUT2D eigenvalue weighted by Crippen LogP contribution is 2.32. The highest BCUT2D eigenvalue weighted by molar-refractivity contribution is 7.98. The van der Waals surface area contributed by atoms with Crippen molar-refractivity contribution in [1.29, 1.82) is 0 Å². The number of alkyl halides is 1. The Bertz CT molecular complexity index is 379. The third-order valence-electron chi connectivity index (χ3n) is 2.14. The molecular weight excluding hydrogens is 244 g/mol. The first-order valence-corrected chi connectivity index (χ1v) is 6.71. The van der Waals surface area contributed by atoms with Gasteiger partial charge in [0.25, 0.3) is 0 Å². The van der Waals surface area contributed by atoms with E-state index in [1.165, 1.54) is 6.92 Å². The van der Waals surface area contributed by atoms with E-state index >= 15 is 0 Å². The van der Waals surface area contributed by atoms with Crippen LogP contribution in [-0.4, -0.2) is 18.6 Å². The minimum absolute atomic E-state index is 0.0546. The van der Waals surface area contributed by atoms with Gasteiger partial charge in [0.1, 0.15) is 11.1 Å². The smallest absolute Gasteiger partial charge is 0.152 e. The summed E-state index contributed by atoms with van der Waals surface area (Å²) in [5.74, 6) is 0.736. The van der Waals surface area contributed by atoms with E-state index in [9.17, 15) is 4.79 Å². The summed E-state index contributed by atoms with van der Waals surface area (Å²) in [6, 6.07) is 5.64. The molecule has 0 N–H and O–H groups in total. The maximum absolute atomic E-state index is 11.2. The zero-order valence-electron chi connectivity index (χ0n) is 9.62. The van der Waals surface area contributed by atoms with E-state index in [0.29, 0.717) is 6.61 Å². The van der Waals surface area contributed by atoms with Gasteiger partial charge in [-0.25, -0.2) is 0 Å². The predicted molar refractivity (Wildman–Crippen MR) is 68.7 cm³/mol. The molecule has 0 bridgehead atoms. The van der Waals surface area contributed by atoms with Gasteiger partial charge in [0, 0.05) is 4.90 Å². The van der Waals surface area contributed by atoms with Crippen molar-refractivity contribution >= 4 is 29.1 Å². The second-order valence-corrected chi connectivity index (χ2v) is 4.60. The number of ether oxygens (including phenoxy) is 1. The Morgan fingerprint density at radius 3 is 2.75 bits per heavy atom. The van der Waals surface area contributed by atoms with E-state index in [1.54, 1.807) is 11.8 Å². The number of halogens is 1. The summed E-state index contributed by atoms with van der Waals surface area (Å²) < 4.78 is 5.51. The SMILES string of the molecule is CCOc1cc(C(Cl)C(C)=O)ccc1SC. The zero-order valence-corrected chi connectivity index (χ0v) is 11.2. The summed E-state index contributed by atoms with van der Waals surface area (Å²) >= 11 is 7.61. The minimum atomic E-state index is -0.588. The molecule has 0 heterocycles. The summed E-state index contributed by atoms with van der Waals surface area (Å²) in [5.41, 5.74) is 0.787. The number of carbonyl (C=O) groups excluding carboxylic acids is 1. The summed E-state index contributed by atoms with van der Waals surface area (Å²) in [5, 5.41) is -0.588. The molecule has 16 heavy (non-hydrogen) atoms. The van der Waals surface area contributed by atoms with Gasteiger partial charge in [-0.05, 0) is 37.8 Å². The highest BCUT2D eigenvalue weighted by atomic mass is 35.5. The first-order valence-electron chi connectivity index (χ1n) is 5.05. The molecule has 0 radical (unpaired) electrons. The molecule has 0 amide bonds. The Kier molecular flexibility index (Phi) is 5.16. The molecule has 4 heteroatoms. The van der Waals surface area contributed by atoms with Gasteiger partial charge in [0.05, 0.1) is 6.61 Å². The molecule has 1 rings (SSSR count). The molecular formula is C12H15ClO2S. The van der Waals surface area contributed by atoms with Gasteiger partial charge in [0.2, 0.25) is 0 Å². The topological polar surface area (TPSA) is 26.3 Å². The molecule has 0 fully saturated rings. The van der Waals surface area contributed by atoms with Crippen molar-refractivity contribution in [3.05, 3.63) is 23.8 Å². The summed E-state index contributed by atoms with van der Waals surface area (Å²) in [6.07, 6.45) is 1.99. The van der Waals surface area contributed by atoms with Crippen molar-refractivity contribution in [1.82, 2.24) is 0 Å². The number of hydrogen-bond acceptors (Lipinski definition) is 3. The molecule has 2 nitrogen and oxygen atoms in total. The molecule has 0 spiro atoms. The van der Waals surface area contributed by atoms with E-state index in [1.807, 2.05) is 31.4 Å². The monoisotopic (exact) mass is 258 g/mol. The van der Waals surface area contributed by atoms with Crippen molar-refractivity contribution < 1.29 is 9.53 Å². The Morgan fingerprint density at radius 1 is 1.56 bits per heavy atom. The van der Waals surface area contributed by atoms with Crippen LogP contribution in [0.25, 0.3) is 0 Å². The third kappa shape index (κ3) is 3.16. The minimum Gasteiger partial charge on any atom is -0.493 e. The Labute approximate surface area is 105 Å². The van der Waals surface area contributed by atoms with Gasteiger partial charge >= 0.3 is 0 Å². The van der Waals surface area contributed by atoms with Crippen LogP contribution in [-0.2, 0) is 4.79 Å². The maximum atomic E-state index is 11.2. The molecule has 1 unspecified atom stereocenters. The fourth-order valence-electron chi connectivity index (χ4n) is 1.35. The van der Waals surface area contributed by atoms with Crippen LogP contribution >= 0.6 is 23.4 Å². The molecule has 0 saturated carbocycles. The number of ketones is 1. The molecule has 1 aromatic rings. The quantitative estimate of drug-likeness (QED) is 0.595. The van der Waals surface area contributed by atoms with E-state index in [0.717, 1.165) is 16.2 Å². The number of carbonyl (C=O) groups is 1. The van der Waals surface area contributed by atoms with Gasteiger partial charge in [-0.3, -0.25) is 4.79 Å². The lowest BCUT2D eigenvalue weighted by Gasteiger charge is -2.12. The van der Waals surface area contributed by atoms with Gasteiger partial charge in [0.15, 0.2) is 5.78 Å². The van der Waals surface area contributed by atoms with Crippen LogP contribution in [0.2, 0.25) is 0 Å². The molecule has 0 saturated heterocycles. The average molecular weight is 259 g/mol. The normalized spacial score (nSPS) is 12.2. The van der Waals surface area contributed by atoms with Crippen molar-refractivity contribution in [2.75, 3.05) is 12.9 Å². The highest BCUT2D eigenvalue weighted by Gasteiger charge is 2.15. The molecule has 0 aliphatic carbocycles. The van der Waals surface area contributed by atoms with Gasteiger partial charge in [-0.1, -0.05) is 6.07 Å². The van der Waals surface area contributed by atoms with Crippen LogP contribution in [0.4, 0.5) is 0 Å². The lowest BCUT2D eigenvalue weighted by atomic mass is 10.1. The Morgan fingerprint density at radius 2 is 2.25 bits per heavy atom. The zero-order chi connectivity index (χ0) is 12.1. The molecule has 1 atom stereocenters. The molecule has 1 aromatic carbocycles.